The van der Waals surface area contributed by atoms with Crippen molar-refractivity contribution >= 4 is 5.91 Å². The largest absolute Gasteiger partial charge is 1.00 e. The number of halogens is 2. The number of nitrogens with zero attached hydrogens (tertiary/aromatic N) is 1. The molecule has 1 N–H and O–H groups in total. The minimum absolute atomic E-state index is 0. The van der Waals surface area contributed by atoms with Gasteiger partial charge >= 0.3 is 185 Å². The van der Waals surface area contributed by atoms with Gasteiger partial charge in [0.1, 0.15) is 0 Å². The first kappa shape index (κ1) is 25.8. The summed E-state index contributed by atoms with van der Waals surface area (Å²) in [5.41, 5.74) is 7.03. The molecule has 0 spiro atoms. The molecule has 1 amide bonds. The molecule has 0 saturated carbocycles. The van der Waals surface area contributed by atoms with E-state index >= 15 is 0 Å². The second kappa shape index (κ2) is 10.4. The second-order valence-electron chi connectivity index (χ2n) is 8.25. The maximum atomic E-state index is 13.3. The number of amides is 1. The van der Waals surface area contributed by atoms with E-state index in [1.54, 1.807) is 0 Å². The van der Waals surface area contributed by atoms with E-state index in [1.807, 2.05) is 24.4 Å². The molecular weight excluding hydrogens is 594 g/mol. The Kier molecular flexibility index (Phi) is 8.66. The maximum Gasteiger partial charge on any atom is -1.00 e. The van der Waals surface area contributed by atoms with Crippen LogP contribution in [0.4, 0.5) is 0 Å². The van der Waals surface area contributed by atoms with Crippen LogP contribution in [0.1, 0.15) is 61.8 Å². The Labute approximate surface area is 209 Å². The Morgan fingerprint density at radius 2 is 1.52 bits per heavy atom. The number of hydrogen-bond donors (Lipinski definition) is 1. The van der Waals surface area contributed by atoms with E-state index < -0.39 is 26.4 Å². The van der Waals surface area contributed by atoms with Gasteiger partial charge in [0.25, 0.3) is 0 Å². The molecule has 3 nitrogen and oxygen atoms in total. The van der Waals surface area contributed by atoms with Crippen molar-refractivity contribution in [2.24, 2.45) is 0 Å². The smallest absolute Gasteiger partial charge is 1.00 e. The number of nitrogens with one attached hydrogen (secondary N) is 1. The Bertz CT molecular complexity index is 1030. The van der Waals surface area contributed by atoms with Gasteiger partial charge in [-0.15, -0.1) is 0 Å². The molecule has 1 aromatic heterocycles. The number of rotatable bonds is 5. The van der Waals surface area contributed by atoms with E-state index in [9.17, 15) is 4.79 Å². The number of hydrogen-bond acceptors (Lipinski definition) is 2. The molecule has 6 heteroatoms. The molecule has 0 bridgehead atoms. The molecule has 4 rings (SSSR count). The van der Waals surface area contributed by atoms with Crippen LogP contribution in [-0.2, 0) is 31.2 Å². The third-order valence-electron chi connectivity index (χ3n) is 5.71. The van der Waals surface area contributed by atoms with Gasteiger partial charge in [0.2, 0.25) is 0 Å². The molecule has 1 aliphatic rings. The zero-order valence-corrected chi connectivity index (χ0v) is 23.2. The van der Waals surface area contributed by atoms with Crippen molar-refractivity contribution in [3.63, 3.8) is 0 Å². The number of carbonyl (C=O) groups is 1. The first-order valence-electron chi connectivity index (χ1n) is 10.2. The molecule has 1 atom stereocenters. The summed E-state index contributed by atoms with van der Waals surface area (Å²) in [5, 5.41) is 0. The van der Waals surface area contributed by atoms with Crippen LogP contribution in [0.3, 0.4) is 0 Å². The van der Waals surface area contributed by atoms with Crippen molar-refractivity contribution in [3.8, 4) is 11.3 Å². The average molecular weight is 620 g/mol. The van der Waals surface area contributed by atoms with Gasteiger partial charge in [-0.1, -0.05) is 0 Å². The minimum atomic E-state index is -1.45. The van der Waals surface area contributed by atoms with Crippen LogP contribution in [0, 0.1) is 0 Å². The Hall–Kier alpha value is -1.49. The first-order valence-corrected chi connectivity index (χ1v) is 13.8. The number of benzene rings is 2. The van der Waals surface area contributed by atoms with Crippen molar-refractivity contribution < 1.29 is 52.8 Å². The van der Waals surface area contributed by atoms with Gasteiger partial charge in [-0.05, 0) is 0 Å². The van der Waals surface area contributed by atoms with E-state index in [4.69, 9.17) is 0 Å². The van der Waals surface area contributed by atoms with Gasteiger partial charge in [-0.3, -0.25) is 0 Å². The molecule has 2 aromatic carbocycles. The predicted octanol–water partition coefficient (Wildman–Crippen LogP) is -0.626. The van der Waals surface area contributed by atoms with E-state index in [-0.39, 0.29) is 30.7 Å². The third-order valence-corrected chi connectivity index (χ3v) is 11.1. The van der Waals surface area contributed by atoms with E-state index in [0.29, 0.717) is 11.8 Å². The topological polar surface area (TPSA) is 42.0 Å². The minimum Gasteiger partial charge on any atom is -1.00 e. The Morgan fingerprint density at radius 1 is 0.871 bits per heavy atom. The number of pyridine rings is 1. The summed E-state index contributed by atoms with van der Waals surface area (Å²) in [5.74, 6) is 0.919. The van der Waals surface area contributed by atoms with Crippen LogP contribution in [0.2, 0.25) is 0 Å². The van der Waals surface area contributed by atoms with E-state index in [1.165, 1.54) is 16.7 Å². The fraction of sp³-hybridized carbons (Fsp3) is 0.280. The molecule has 160 valence electrons. The monoisotopic (exact) mass is 620 g/mol. The van der Waals surface area contributed by atoms with Gasteiger partial charge in [-0.2, -0.15) is 0 Å². The van der Waals surface area contributed by atoms with Crippen LogP contribution in [0.25, 0.3) is 11.3 Å². The summed E-state index contributed by atoms with van der Waals surface area (Å²) in [6, 6.07) is 21.0. The van der Waals surface area contributed by atoms with Gasteiger partial charge in [0, 0.05) is 0 Å². The summed E-state index contributed by atoms with van der Waals surface area (Å²) in [6.45, 7) is 8.91. The molecule has 0 radical (unpaired) electrons. The quantitative estimate of drug-likeness (QED) is 0.387. The van der Waals surface area contributed by atoms with Crippen molar-refractivity contribution in [2.75, 3.05) is 0 Å². The maximum absolute atomic E-state index is 13.3. The van der Waals surface area contributed by atoms with Crippen LogP contribution >= 0.6 is 0 Å². The molecule has 3 aromatic rings. The standard InChI is InChI=1S/C25H27N2O.2ClH.Hf/c1-16(2)20-11-8-12-21(17(3)4)24(20)23(25(26)28)19-10-7-9-18(15-19)22-13-5-6-14-27-22;;;/h5-17H,1-4H3,(H2,26,28);2*1H;/q;;;+3/p-3. The van der Waals surface area contributed by atoms with Gasteiger partial charge in [0.05, 0.1) is 0 Å². The van der Waals surface area contributed by atoms with Crippen molar-refractivity contribution in [1.82, 2.24) is 8.29 Å². The first-order chi connectivity index (χ1) is 13.9. The molecule has 1 aliphatic heterocycles. The van der Waals surface area contributed by atoms with Gasteiger partial charge in [0.15, 0.2) is 0 Å². The van der Waals surface area contributed by atoms with Crippen LogP contribution in [0.5, 0.6) is 0 Å². The number of carbonyl (C=O) groups excluding carboxylic acids is 1. The second-order valence-corrected chi connectivity index (χ2v) is 12.7. The van der Waals surface area contributed by atoms with Crippen LogP contribution < -0.4 is 28.1 Å². The summed E-state index contributed by atoms with van der Waals surface area (Å²) >= 11 is -1.45. The van der Waals surface area contributed by atoms with Gasteiger partial charge < -0.3 is 24.8 Å². The normalized spacial score (nSPS) is 16.9. The molecule has 0 aliphatic carbocycles. The third kappa shape index (κ3) is 4.53. The molecule has 2 heterocycles. The molecule has 1 fully saturated rings. The summed E-state index contributed by atoms with van der Waals surface area (Å²) in [7, 11) is 0. The van der Waals surface area contributed by atoms with Crippen LogP contribution in [-0.4, -0.2) is 10.9 Å². The molecule has 1 saturated heterocycles. The Morgan fingerprint density at radius 3 is 2.00 bits per heavy atom. The van der Waals surface area contributed by atoms with Gasteiger partial charge in [-0.25, -0.2) is 0 Å². The van der Waals surface area contributed by atoms with E-state index in [2.05, 4.69) is 78.4 Å². The molecular formula is C25H26Cl2HfN2O. The SMILES string of the molecule is CC(C)c1cccc(C(C)C)c1[C]1(c2cccc(-c3ccccn3)c2)[Hf+2][NH]C1=O.[Cl-].[Cl-]. The summed E-state index contributed by atoms with van der Waals surface area (Å²) < 4.78 is 2.77. The predicted molar refractivity (Wildman–Crippen MR) is 113 cm³/mol. The number of aromatic nitrogens is 1. The van der Waals surface area contributed by atoms with Crippen molar-refractivity contribution in [2.45, 2.75) is 42.7 Å². The van der Waals surface area contributed by atoms with E-state index in [0.717, 1.165) is 16.8 Å². The fourth-order valence-corrected chi connectivity index (χ4v) is 8.47. The zero-order chi connectivity index (χ0) is 20.6. The zero-order valence-electron chi connectivity index (χ0n) is 18.1. The molecule has 31 heavy (non-hydrogen) atoms. The van der Waals surface area contributed by atoms with Crippen molar-refractivity contribution in [3.05, 3.63) is 89.1 Å². The summed E-state index contributed by atoms with van der Waals surface area (Å²) in [6.07, 6.45) is 1.82. The Balaban J connectivity index is 0.00000171. The fourth-order valence-electron chi connectivity index (χ4n) is 4.19. The average Bonchev–Trinajstić information content (AvgIpc) is 2.73. The summed E-state index contributed by atoms with van der Waals surface area (Å²) in [4.78, 5) is 17.8. The van der Waals surface area contributed by atoms with Crippen LogP contribution in [0.15, 0.2) is 66.9 Å². The molecule has 1 unspecified atom stereocenters. The van der Waals surface area contributed by atoms with Crippen molar-refractivity contribution in [1.29, 1.82) is 0 Å².